The first-order valence-electron chi connectivity index (χ1n) is 8.73. The van der Waals surface area contributed by atoms with E-state index in [4.69, 9.17) is 0 Å². The van der Waals surface area contributed by atoms with Gasteiger partial charge < -0.3 is 10.6 Å². The van der Waals surface area contributed by atoms with Crippen molar-refractivity contribution in [3.8, 4) is 0 Å². The van der Waals surface area contributed by atoms with E-state index in [1.54, 1.807) is 38.5 Å². The monoisotopic (exact) mass is 262 g/mol. The molecule has 1 aliphatic heterocycles. The smallest absolute Gasteiger partial charge is 0.000824 e. The van der Waals surface area contributed by atoms with E-state index in [9.17, 15) is 0 Å². The van der Waals surface area contributed by atoms with Crippen LogP contribution in [-0.2, 0) is 0 Å². The van der Waals surface area contributed by atoms with Crippen LogP contribution in [0.25, 0.3) is 0 Å². The summed E-state index contributed by atoms with van der Waals surface area (Å²) in [5, 5.41) is 7.41. The van der Waals surface area contributed by atoms with Crippen molar-refractivity contribution < 1.29 is 0 Å². The van der Waals surface area contributed by atoms with E-state index < -0.39 is 0 Å². The minimum Gasteiger partial charge on any atom is -0.316 e. The lowest BCUT2D eigenvalue weighted by atomic mass is 9.49. The Morgan fingerprint density at radius 2 is 1.68 bits per heavy atom. The predicted molar refractivity (Wildman–Crippen MR) is 79.1 cm³/mol. The summed E-state index contributed by atoms with van der Waals surface area (Å²) in [6, 6.07) is 0. The fourth-order valence-electron chi connectivity index (χ4n) is 6.15. The number of hydrogen-bond acceptors (Lipinski definition) is 2. The molecule has 0 aromatic heterocycles. The summed E-state index contributed by atoms with van der Waals surface area (Å²) in [6.07, 6.45) is 12.2. The molecule has 4 bridgehead atoms. The van der Waals surface area contributed by atoms with Crippen molar-refractivity contribution in [1.82, 2.24) is 10.6 Å². The van der Waals surface area contributed by atoms with Crippen LogP contribution in [0.3, 0.4) is 0 Å². The number of piperidine rings is 1. The van der Waals surface area contributed by atoms with Gasteiger partial charge in [0.1, 0.15) is 0 Å². The molecule has 2 nitrogen and oxygen atoms in total. The fraction of sp³-hybridized carbons (Fsp3) is 1.00. The van der Waals surface area contributed by atoms with Crippen LogP contribution in [0.4, 0.5) is 0 Å². The number of rotatable bonds is 4. The van der Waals surface area contributed by atoms with E-state index in [0.717, 1.165) is 29.1 Å². The van der Waals surface area contributed by atoms with Gasteiger partial charge in [-0.25, -0.2) is 0 Å². The molecule has 0 aromatic rings. The molecule has 2 N–H and O–H groups in total. The van der Waals surface area contributed by atoms with Crippen LogP contribution in [-0.4, -0.2) is 26.2 Å². The van der Waals surface area contributed by atoms with E-state index in [2.05, 4.69) is 10.6 Å². The molecule has 2 heteroatoms. The lowest BCUT2D eigenvalue weighted by Crippen LogP contribution is -2.51. The Kier molecular flexibility index (Phi) is 3.35. The van der Waals surface area contributed by atoms with Crippen molar-refractivity contribution in [2.45, 2.75) is 51.4 Å². The third kappa shape index (κ3) is 2.58. The zero-order valence-corrected chi connectivity index (χ0v) is 12.3. The Hall–Kier alpha value is -0.0800. The van der Waals surface area contributed by atoms with Crippen molar-refractivity contribution in [3.05, 3.63) is 0 Å². The highest BCUT2D eigenvalue weighted by atomic mass is 14.9. The first-order chi connectivity index (χ1) is 9.31. The standard InChI is InChI=1S/C17H30N2/c1-2-13(10-18-3-1)11-19-12-17-7-14-4-15(8-17)6-16(5-14)9-17/h13-16,18-19H,1-12H2. The van der Waals surface area contributed by atoms with Crippen molar-refractivity contribution in [2.24, 2.45) is 29.1 Å². The normalized spacial score (nSPS) is 48.6. The van der Waals surface area contributed by atoms with Gasteiger partial charge in [0.25, 0.3) is 0 Å². The zero-order valence-electron chi connectivity index (χ0n) is 12.3. The topological polar surface area (TPSA) is 24.1 Å². The number of nitrogens with one attached hydrogen (secondary N) is 2. The van der Waals surface area contributed by atoms with Gasteiger partial charge in [-0.2, -0.15) is 0 Å². The summed E-state index contributed by atoms with van der Waals surface area (Å²) in [6.45, 7) is 5.07. The van der Waals surface area contributed by atoms with Crippen LogP contribution >= 0.6 is 0 Å². The Morgan fingerprint density at radius 3 is 2.26 bits per heavy atom. The maximum Gasteiger partial charge on any atom is 0.000824 e. The molecule has 0 spiro atoms. The van der Waals surface area contributed by atoms with Crippen LogP contribution in [0.5, 0.6) is 0 Å². The second-order valence-electron chi connectivity index (χ2n) is 8.26. The molecule has 0 amide bonds. The Morgan fingerprint density at radius 1 is 1.00 bits per heavy atom. The molecular formula is C17H30N2. The molecule has 19 heavy (non-hydrogen) atoms. The molecule has 108 valence electrons. The highest BCUT2D eigenvalue weighted by molar-refractivity contribution is 5.02. The molecular weight excluding hydrogens is 232 g/mol. The van der Waals surface area contributed by atoms with Crippen LogP contribution in [0, 0.1) is 29.1 Å². The minimum absolute atomic E-state index is 0.719. The average molecular weight is 262 g/mol. The maximum atomic E-state index is 3.87. The molecule has 1 heterocycles. The molecule has 5 fully saturated rings. The van der Waals surface area contributed by atoms with Crippen LogP contribution in [0.2, 0.25) is 0 Å². The molecule has 1 atom stereocenters. The van der Waals surface area contributed by atoms with E-state index in [1.165, 1.54) is 39.0 Å². The van der Waals surface area contributed by atoms with Crippen LogP contribution in [0.15, 0.2) is 0 Å². The van der Waals surface area contributed by atoms with Gasteiger partial charge in [-0.05, 0) is 100 Å². The SMILES string of the molecule is C1CNCC(CNCC23CC4CC(CC(C4)C2)C3)C1. The van der Waals surface area contributed by atoms with Crippen molar-refractivity contribution in [2.75, 3.05) is 26.2 Å². The summed E-state index contributed by atoms with van der Waals surface area (Å²) in [5.41, 5.74) is 0.719. The summed E-state index contributed by atoms with van der Waals surface area (Å²) in [5.74, 6) is 4.20. The maximum absolute atomic E-state index is 3.87. The molecule has 0 aromatic carbocycles. The van der Waals surface area contributed by atoms with Crippen molar-refractivity contribution in [3.63, 3.8) is 0 Å². The third-order valence-electron chi connectivity index (χ3n) is 6.50. The molecule has 5 aliphatic rings. The van der Waals surface area contributed by atoms with Gasteiger partial charge >= 0.3 is 0 Å². The highest BCUT2D eigenvalue weighted by Gasteiger charge is 2.50. The third-order valence-corrected chi connectivity index (χ3v) is 6.50. The summed E-state index contributed by atoms with van der Waals surface area (Å²) in [4.78, 5) is 0. The fourth-order valence-corrected chi connectivity index (χ4v) is 6.15. The van der Waals surface area contributed by atoms with Gasteiger partial charge in [-0.3, -0.25) is 0 Å². The van der Waals surface area contributed by atoms with E-state index >= 15 is 0 Å². The molecule has 1 unspecified atom stereocenters. The van der Waals surface area contributed by atoms with E-state index in [-0.39, 0.29) is 0 Å². The highest BCUT2D eigenvalue weighted by Crippen LogP contribution is 2.59. The Bertz CT molecular complexity index is 284. The largest absolute Gasteiger partial charge is 0.316 e. The molecule has 4 saturated carbocycles. The van der Waals surface area contributed by atoms with Gasteiger partial charge in [0.2, 0.25) is 0 Å². The van der Waals surface area contributed by atoms with Crippen molar-refractivity contribution in [1.29, 1.82) is 0 Å². The molecule has 5 rings (SSSR count). The number of hydrogen-bond donors (Lipinski definition) is 2. The summed E-state index contributed by atoms with van der Waals surface area (Å²) >= 11 is 0. The molecule has 1 saturated heterocycles. The van der Waals surface area contributed by atoms with Gasteiger partial charge in [-0.1, -0.05) is 0 Å². The Labute approximate surface area is 118 Å². The summed E-state index contributed by atoms with van der Waals surface area (Å²) < 4.78 is 0. The predicted octanol–water partition coefficient (Wildman–Crippen LogP) is 2.79. The van der Waals surface area contributed by atoms with Gasteiger partial charge in [0, 0.05) is 6.54 Å². The van der Waals surface area contributed by atoms with Gasteiger partial charge in [0.15, 0.2) is 0 Å². The molecule has 0 radical (unpaired) electrons. The summed E-state index contributed by atoms with van der Waals surface area (Å²) in [7, 11) is 0. The first-order valence-corrected chi connectivity index (χ1v) is 8.73. The first kappa shape index (κ1) is 12.6. The lowest BCUT2D eigenvalue weighted by Gasteiger charge is -2.57. The van der Waals surface area contributed by atoms with Crippen LogP contribution < -0.4 is 10.6 Å². The van der Waals surface area contributed by atoms with Gasteiger partial charge in [-0.15, -0.1) is 0 Å². The quantitative estimate of drug-likeness (QED) is 0.814. The minimum atomic E-state index is 0.719. The van der Waals surface area contributed by atoms with E-state index in [0.29, 0.717) is 0 Å². The second-order valence-corrected chi connectivity index (χ2v) is 8.26. The van der Waals surface area contributed by atoms with Gasteiger partial charge in [0.05, 0.1) is 0 Å². The lowest BCUT2D eigenvalue weighted by molar-refractivity contribution is -0.0516. The molecule has 4 aliphatic carbocycles. The van der Waals surface area contributed by atoms with Crippen molar-refractivity contribution >= 4 is 0 Å². The average Bonchev–Trinajstić information content (AvgIpc) is 2.38. The Balaban J connectivity index is 1.30. The van der Waals surface area contributed by atoms with Crippen LogP contribution in [0.1, 0.15) is 51.4 Å². The van der Waals surface area contributed by atoms with E-state index in [1.807, 2.05) is 0 Å². The second kappa shape index (κ2) is 5.04. The zero-order chi connectivity index (χ0) is 12.7.